The Morgan fingerprint density at radius 1 is 0.769 bits per heavy atom. The number of fused-ring (bicyclic) bond motifs is 3. The third kappa shape index (κ3) is 4.44. The standard InChI is InChI=1S/C37H66O2/c1-20(2)27-12-14-28(15-13-27)29-16-21(3)23(5)32-24(6)33-25(7)37(11)34(39)31(26(8)38)22(4)17-36(37,10)19-35(33,9)18-30(29)32/h20-34,38-39H,12-19H2,1-11H3. The number of aliphatic hydroxyl groups is 2. The summed E-state index contributed by atoms with van der Waals surface area (Å²) in [6, 6.07) is 0. The van der Waals surface area contributed by atoms with E-state index in [1.54, 1.807) is 0 Å². The zero-order chi connectivity index (χ0) is 28.8. The van der Waals surface area contributed by atoms with E-state index in [0.29, 0.717) is 29.1 Å². The zero-order valence-corrected chi connectivity index (χ0v) is 27.7. The molecule has 0 aromatic heterocycles. The molecule has 0 saturated heterocycles. The van der Waals surface area contributed by atoms with Crippen molar-refractivity contribution in [1.29, 1.82) is 0 Å². The molecule has 0 aromatic carbocycles. The zero-order valence-electron chi connectivity index (χ0n) is 27.7. The third-order valence-corrected chi connectivity index (χ3v) is 15.8. The number of hydrogen-bond acceptors (Lipinski definition) is 2. The average molecular weight is 543 g/mol. The molecule has 0 spiro atoms. The highest BCUT2D eigenvalue weighted by molar-refractivity contribution is 5.18. The van der Waals surface area contributed by atoms with Crippen molar-refractivity contribution in [3.05, 3.63) is 0 Å². The summed E-state index contributed by atoms with van der Waals surface area (Å²) in [6.45, 7) is 27.1. The first-order valence-electron chi connectivity index (χ1n) is 17.4. The smallest absolute Gasteiger partial charge is 0.0656 e. The van der Waals surface area contributed by atoms with Gasteiger partial charge in [0.1, 0.15) is 0 Å². The van der Waals surface area contributed by atoms with Gasteiger partial charge < -0.3 is 10.2 Å². The molecule has 0 bridgehead atoms. The highest BCUT2D eigenvalue weighted by Crippen LogP contribution is 2.74. The predicted octanol–water partition coefficient (Wildman–Crippen LogP) is 9.09. The van der Waals surface area contributed by atoms with Crippen LogP contribution in [0.5, 0.6) is 0 Å². The van der Waals surface area contributed by atoms with Gasteiger partial charge in [-0.15, -0.1) is 0 Å². The molecule has 5 saturated carbocycles. The van der Waals surface area contributed by atoms with E-state index < -0.39 is 12.2 Å². The highest BCUT2D eigenvalue weighted by atomic mass is 16.3. The second-order valence-electron chi connectivity index (χ2n) is 17.9. The minimum atomic E-state index is -0.448. The fourth-order valence-electron chi connectivity index (χ4n) is 13.8. The van der Waals surface area contributed by atoms with Crippen molar-refractivity contribution in [2.24, 2.45) is 93.2 Å². The summed E-state index contributed by atoms with van der Waals surface area (Å²) in [5.74, 6) is 9.15. The molecule has 15 atom stereocenters. The molecule has 2 heteroatoms. The lowest BCUT2D eigenvalue weighted by atomic mass is 9.32. The van der Waals surface area contributed by atoms with Crippen LogP contribution >= 0.6 is 0 Å². The second kappa shape index (κ2) is 10.3. The molecule has 0 amide bonds. The van der Waals surface area contributed by atoms with Gasteiger partial charge in [-0.05, 0) is 140 Å². The van der Waals surface area contributed by atoms with Gasteiger partial charge >= 0.3 is 0 Å². The fourth-order valence-corrected chi connectivity index (χ4v) is 13.8. The third-order valence-electron chi connectivity index (χ3n) is 15.8. The van der Waals surface area contributed by atoms with Crippen molar-refractivity contribution in [1.82, 2.24) is 0 Å². The Morgan fingerprint density at radius 2 is 1.38 bits per heavy atom. The topological polar surface area (TPSA) is 40.5 Å². The number of aliphatic hydroxyl groups excluding tert-OH is 2. The van der Waals surface area contributed by atoms with Crippen LogP contribution in [0.25, 0.3) is 0 Å². The van der Waals surface area contributed by atoms with Crippen LogP contribution in [0.3, 0.4) is 0 Å². The first-order chi connectivity index (χ1) is 18.1. The van der Waals surface area contributed by atoms with E-state index >= 15 is 0 Å². The van der Waals surface area contributed by atoms with Crippen molar-refractivity contribution < 1.29 is 10.2 Å². The molecular weight excluding hydrogens is 476 g/mol. The maximum absolute atomic E-state index is 12.1. The minimum Gasteiger partial charge on any atom is -0.393 e. The van der Waals surface area contributed by atoms with Gasteiger partial charge in [0, 0.05) is 11.3 Å². The Balaban J connectivity index is 1.49. The molecule has 39 heavy (non-hydrogen) atoms. The first kappa shape index (κ1) is 30.4. The Kier molecular flexibility index (Phi) is 8.01. The molecule has 0 radical (unpaired) electrons. The summed E-state index contributed by atoms with van der Waals surface area (Å²) in [5, 5.41) is 22.9. The van der Waals surface area contributed by atoms with Crippen molar-refractivity contribution in [2.75, 3.05) is 0 Å². The highest BCUT2D eigenvalue weighted by Gasteiger charge is 2.70. The summed E-state index contributed by atoms with van der Waals surface area (Å²) in [6.07, 6.45) is 10.3. The molecule has 15 unspecified atom stereocenters. The lowest BCUT2D eigenvalue weighted by Crippen LogP contribution is -2.69. The second-order valence-corrected chi connectivity index (χ2v) is 17.9. The molecule has 5 fully saturated rings. The van der Waals surface area contributed by atoms with E-state index in [9.17, 15) is 10.2 Å². The Hall–Kier alpha value is -0.0800. The summed E-state index contributed by atoms with van der Waals surface area (Å²) >= 11 is 0. The van der Waals surface area contributed by atoms with Gasteiger partial charge in [-0.25, -0.2) is 0 Å². The van der Waals surface area contributed by atoms with Crippen LogP contribution < -0.4 is 0 Å². The maximum atomic E-state index is 12.1. The van der Waals surface area contributed by atoms with Gasteiger partial charge in [0.2, 0.25) is 0 Å². The summed E-state index contributed by atoms with van der Waals surface area (Å²) in [5.41, 5.74) is 0.316. The molecule has 5 rings (SSSR count). The maximum Gasteiger partial charge on any atom is 0.0656 e. The van der Waals surface area contributed by atoms with E-state index in [-0.39, 0.29) is 16.7 Å². The molecule has 0 heterocycles. The Morgan fingerprint density at radius 3 is 1.95 bits per heavy atom. The quantitative estimate of drug-likeness (QED) is 0.373. The molecule has 0 aromatic rings. The minimum absolute atomic E-state index is 0.0134. The van der Waals surface area contributed by atoms with Gasteiger partial charge in [0.05, 0.1) is 12.2 Å². The normalized spacial score (nSPS) is 58.8. The van der Waals surface area contributed by atoms with Crippen LogP contribution in [-0.2, 0) is 0 Å². The van der Waals surface area contributed by atoms with Crippen LogP contribution in [0.4, 0.5) is 0 Å². The van der Waals surface area contributed by atoms with Crippen LogP contribution in [-0.4, -0.2) is 22.4 Å². The SMILES string of the molecule is CC(C)C1CCC(C2CC(C)C(C)C3C(C)C4C(C)C5(C)C(O)C(C(C)O)C(C)CC5(C)CC4(C)CC23)CC1. The number of hydrogen-bond donors (Lipinski definition) is 2. The van der Waals surface area contributed by atoms with Crippen LogP contribution in [0.2, 0.25) is 0 Å². The van der Waals surface area contributed by atoms with Gasteiger partial charge in [-0.2, -0.15) is 0 Å². The van der Waals surface area contributed by atoms with Crippen LogP contribution in [0.15, 0.2) is 0 Å². The van der Waals surface area contributed by atoms with Crippen LogP contribution in [0, 0.1) is 93.2 Å². The number of rotatable bonds is 3. The van der Waals surface area contributed by atoms with Gasteiger partial charge in [0.25, 0.3) is 0 Å². The molecule has 2 nitrogen and oxygen atoms in total. The molecule has 2 N–H and O–H groups in total. The largest absolute Gasteiger partial charge is 0.393 e. The lowest BCUT2D eigenvalue weighted by Gasteiger charge is -2.72. The first-order valence-corrected chi connectivity index (χ1v) is 17.4. The predicted molar refractivity (Wildman–Crippen MR) is 164 cm³/mol. The monoisotopic (exact) mass is 543 g/mol. The van der Waals surface area contributed by atoms with Crippen LogP contribution in [0.1, 0.15) is 128 Å². The summed E-state index contributed by atoms with van der Waals surface area (Å²) < 4.78 is 0. The van der Waals surface area contributed by atoms with Crippen molar-refractivity contribution in [2.45, 2.75) is 140 Å². The van der Waals surface area contributed by atoms with E-state index in [1.165, 1.54) is 44.9 Å². The van der Waals surface area contributed by atoms with Gasteiger partial charge in [0.15, 0.2) is 0 Å². The fraction of sp³-hybridized carbons (Fsp3) is 1.00. The van der Waals surface area contributed by atoms with E-state index in [4.69, 9.17) is 0 Å². The van der Waals surface area contributed by atoms with Crippen molar-refractivity contribution in [3.8, 4) is 0 Å². The van der Waals surface area contributed by atoms with Crippen molar-refractivity contribution in [3.63, 3.8) is 0 Å². The van der Waals surface area contributed by atoms with Crippen molar-refractivity contribution >= 4 is 0 Å². The molecular formula is C37H66O2. The summed E-state index contributed by atoms with van der Waals surface area (Å²) in [7, 11) is 0. The van der Waals surface area contributed by atoms with Gasteiger partial charge in [-0.3, -0.25) is 0 Å². The molecule has 5 aliphatic rings. The van der Waals surface area contributed by atoms with Gasteiger partial charge in [-0.1, -0.05) is 69.2 Å². The molecule has 226 valence electrons. The lowest BCUT2D eigenvalue weighted by molar-refractivity contribution is -0.271. The average Bonchev–Trinajstić information content (AvgIpc) is 2.83. The Bertz CT molecular complexity index is 873. The molecule has 5 aliphatic carbocycles. The molecule has 0 aliphatic heterocycles. The summed E-state index contributed by atoms with van der Waals surface area (Å²) in [4.78, 5) is 0. The van der Waals surface area contributed by atoms with E-state index in [2.05, 4.69) is 69.2 Å². The van der Waals surface area contributed by atoms with E-state index in [1.807, 2.05) is 6.92 Å². The van der Waals surface area contributed by atoms with E-state index in [0.717, 1.165) is 53.8 Å². The Labute approximate surface area is 242 Å².